The van der Waals surface area contributed by atoms with E-state index in [1.54, 1.807) is 0 Å². The van der Waals surface area contributed by atoms with Crippen LogP contribution < -0.4 is 10.0 Å². The lowest BCUT2D eigenvalue weighted by atomic mass is 10.0. The second kappa shape index (κ2) is 5.70. The Balaban J connectivity index is 1.86. The number of nitrogens with zero attached hydrogens (tertiary/aromatic N) is 1. The second-order valence-corrected chi connectivity index (χ2v) is 6.66. The number of hydrogen-bond acceptors (Lipinski definition) is 4. The van der Waals surface area contributed by atoms with Crippen molar-refractivity contribution in [2.45, 2.75) is 25.3 Å². The SMILES string of the molecule is CS(=O)(=O)NC1CCCC1CNC(=O)c1cn[nH]c1. The minimum atomic E-state index is -3.20. The van der Waals surface area contributed by atoms with E-state index in [9.17, 15) is 13.2 Å². The molecular formula is C11H18N4O3S. The summed E-state index contributed by atoms with van der Waals surface area (Å²) in [5, 5.41) is 9.09. The van der Waals surface area contributed by atoms with Gasteiger partial charge < -0.3 is 5.32 Å². The van der Waals surface area contributed by atoms with Gasteiger partial charge in [0.25, 0.3) is 5.91 Å². The first kappa shape index (κ1) is 14.0. The number of hydrogen-bond donors (Lipinski definition) is 3. The average molecular weight is 286 g/mol. The molecule has 0 saturated heterocycles. The smallest absolute Gasteiger partial charge is 0.254 e. The second-order valence-electron chi connectivity index (χ2n) is 4.88. The molecule has 1 fully saturated rings. The molecule has 1 heterocycles. The Morgan fingerprint density at radius 2 is 2.32 bits per heavy atom. The van der Waals surface area contributed by atoms with Crippen molar-refractivity contribution in [2.24, 2.45) is 5.92 Å². The molecule has 0 aromatic carbocycles. The van der Waals surface area contributed by atoms with E-state index in [2.05, 4.69) is 20.2 Å². The molecule has 0 bridgehead atoms. The highest BCUT2D eigenvalue weighted by Crippen LogP contribution is 2.25. The van der Waals surface area contributed by atoms with Gasteiger partial charge in [-0.05, 0) is 18.8 Å². The van der Waals surface area contributed by atoms with Crippen LogP contribution in [0.3, 0.4) is 0 Å². The largest absolute Gasteiger partial charge is 0.352 e. The maximum atomic E-state index is 11.7. The number of carbonyl (C=O) groups is 1. The molecule has 106 valence electrons. The Kier molecular flexibility index (Phi) is 4.20. The van der Waals surface area contributed by atoms with Crippen LogP contribution in [0.15, 0.2) is 12.4 Å². The van der Waals surface area contributed by atoms with Crippen LogP contribution in [0.4, 0.5) is 0 Å². The quantitative estimate of drug-likeness (QED) is 0.700. The van der Waals surface area contributed by atoms with Crippen molar-refractivity contribution in [3.8, 4) is 0 Å². The first-order valence-electron chi connectivity index (χ1n) is 6.20. The first-order chi connectivity index (χ1) is 8.96. The van der Waals surface area contributed by atoms with E-state index in [0.29, 0.717) is 12.1 Å². The Bertz CT molecular complexity index is 526. The van der Waals surface area contributed by atoms with Gasteiger partial charge in [0.15, 0.2) is 0 Å². The molecule has 0 radical (unpaired) electrons. The standard InChI is InChI=1S/C11H18N4O3S/c1-19(17,18)15-10-4-2-3-8(10)5-12-11(16)9-6-13-14-7-9/h6-8,10,15H,2-5H2,1H3,(H,12,16)(H,13,14). The highest BCUT2D eigenvalue weighted by atomic mass is 32.2. The number of amides is 1. The van der Waals surface area contributed by atoms with E-state index >= 15 is 0 Å². The zero-order valence-corrected chi connectivity index (χ0v) is 11.5. The van der Waals surface area contributed by atoms with E-state index < -0.39 is 10.0 Å². The van der Waals surface area contributed by atoms with Crippen LogP contribution in [0.1, 0.15) is 29.6 Å². The molecular weight excluding hydrogens is 268 g/mol. The predicted molar refractivity (Wildman–Crippen MR) is 70.0 cm³/mol. The van der Waals surface area contributed by atoms with Gasteiger partial charge in [0, 0.05) is 18.8 Å². The summed E-state index contributed by atoms with van der Waals surface area (Å²) in [5.74, 6) is -0.0515. The fourth-order valence-corrected chi connectivity index (χ4v) is 3.27. The summed E-state index contributed by atoms with van der Waals surface area (Å²) in [6.07, 6.45) is 6.84. The summed E-state index contributed by atoms with van der Waals surface area (Å²) in [6, 6.07) is -0.0837. The van der Waals surface area contributed by atoms with Gasteiger partial charge in [0.05, 0.1) is 18.0 Å². The average Bonchev–Trinajstić information content (AvgIpc) is 2.94. The van der Waals surface area contributed by atoms with Gasteiger partial charge in [-0.2, -0.15) is 5.10 Å². The normalized spacial score (nSPS) is 23.4. The lowest BCUT2D eigenvalue weighted by Crippen LogP contribution is -2.41. The van der Waals surface area contributed by atoms with Crippen molar-refractivity contribution in [3.63, 3.8) is 0 Å². The van der Waals surface area contributed by atoms with Crippen molar-refractivity contribution in [2.75, 3.05) is 12.8 Å². The number of carbonyl (C=O) groups excluding carboxylic acids is 1. The molecule has 8 heteroatoms. The molecule has 7 nitrogen and oxygen atoms in total. The Morgan fingerprint density at radius 1 is 1.53 bits per heavy atom. The maximum absolute atomic E-state index is 11.7. The molecule has 0 spiro atoms. The highest BCUT2D eigenvalue weighted by Gasteiger charge is 2.29. The minimum Gasteiger partial charge on any atom is -0.352 e. The highest BCUT2D eigenvalue weighted by molar-refractivity contribution is 7.88. The summed E-state index contributed by atoms with van der Waals surface area (Å²) in [5.41, 5.74) is 0.477. The molecule has 0 aliphatic heterocycles. The van der Waals surface area contributed by atoms with E-state index in [0.717, 1.165) is 25.5 Å². The summed E-state index contributed by atoms with van der Waals surface area (Å²) < 4.78 is 25.1. The summed E-state index contributed by atoms with van der Waals surface area (Å²) >= 11 is 0. The number of nitrogens with one attached hydrogen (secondary N) is 3. The van der Waals surface area contributed by atoms with Gasteiger partial charge in [0.1, 0.15) is 0 Å². The fourth-order valence-electron chi connectivity index (χ4n) is 2.41. The molecule has 1 aliphatic carbocycles. The molecule has 1 aromatic rings. The van der Waals surface area contributed by atoms with Gasteiger partial charge in [-0.1, -0.05) is 6.42 Å². The van der Waals surface area contributed by atoms with Gasteiger partial charge in [0.2, 0.25) is 10.0 Å². The monoisotopic (exact) mass is 286 g/mol. The first-order valence-corrected chi connectivity index (χ1v) is 8.09. The van der Waals surface area contributed by atoms with Crippen LogP contribution in [0.25, 0.3) is 0 Å². The fraction of sp³-hybridized carbons (Fsp3) is 0.636. The van der Waals surface area contributed by atoms with Crippen LogP contribution in [-0.4, -0.2) is 43.4 Å². The van der Waals surface area contributed by atoms with E-state index in [1.807, 2.05) is 0 Å². The van der Waals surface area contributed by atoms with Crippen molar-refractivity contribution in [3.05, 3.63) is 18.0 Å². The van der Waals surface area contributed by atoms with Gasteiger partial charge in [-0.25, -0.2) is 13.1 Å². The topological polar surface area (TPSA) is 104 Å². The molecule has 1 amide bonds. The third-order valence-corrected chi connectivity index (χ3v) is 4.04. The van der Waals surface area contributed by atoms with Crippen LogP contribution in [0, 0.1) is 5.92 Å². The summed E-state index contributed by atoms with van der Waals surface area (Å²) in [4.78, 5) is 11.7. The van der Waals surface area contributed by atoms with Crippen molar-refractivity contribution >= 4 is 15.9 Å². The number of rotatable bonds is 5. The molecule has 1 aromatic heterocycles. The zero-order valence-electron chi connectivity index (χ0n) is 10.7. The lowest BCUT2D eigenvalue weighted by molar-refractivity contribution is 0.0946. The van der Waals surface area contributed by atoms with Crippen molar-refractivity contribution < 1.29 is 13.2 Å². The molecule has 1 aliphatic rings. The number of aromatic nitrogens is 2. The number of H-pyrrole nitrogens is 1. The molecule has 2 unspecified atom stereocenters. The van der Waals surface area contributed by atoms with Crippen LogP contribution in [0.2, 0.25) is 0 Å². The maximum Gasteiger partial charge on any atom is 0.254 e. The molecule has 2 atom stereocenters. The third kappa shape index (κ3) is 4.03. The lowest BCUT2D eigenvalue weighted by Gasteiger charge is -2.20. The van der Waals surface area contributed by atoms with Crippen molar-refractivity contribution in [1.82, 2.24) is 20.2 Å². The Hall–Kier alpha value is -1.41. The third-order valence-electron chi connectivity index (χ3n) is 3.31. The predicted octanol–water partition coefficient (Wildman–Crippen LogP) is -0.143. The zero-order chi connectivity index (χ0) is 13.9. The Labute approximate surface area is 112 Å². The molecule has 1 saturated carbocycles. The van der Waals surface area contributed by atoms with Crippen molar-refractivity contribution in [1.29, 1.82) is 0 Å². The van der Waals surface area contributed by atoms with Gasteiger partial charge in [-0.3, -0.25) is 9.89 Å². The molecule has 2 rings (SSSR count). The van der Waals surface area contributed by atoms with Gasteiger partial charge >= 0.3 is 0 Å². The number of aromatic amines is 1. The van der Waals surface area contributed by atoms with Crippen LogP contribution >= 0.6 is 0 Å². The van der Waals surface area contributed by atoms with Crippen LogP contribution in [-0.2, 0) is 10.0 Å². The molecule has 19 heavy (non-hydrogen) atoms. The minimum absolute atomic E-state index is 0.0837. The summed E-state index contributed by atoms with van der Waals surface area (Å²) in [6.45, 7) is 0.469. The van der Waals surface area contributed by atoms with E-state index in [-0.39, 0.29) is 17.9 Å². The van der Waals surface area contributed by atoms with E-state index in [1.165, 1.54) is 12.4 Å². The van der Waals surface area contributed by atoms with E-state index in [4.69, 9.17) is 0 Å². The van der Waals surface area contributed by atoms with Gasteiger partial charge in [-0.15, -0.1) is 0 Å². The Morgan fingerprint density at radius 3 is 2.95 bits per heavy atom. The molecule has 3 N–H and O–H groups in total. The van der Waals surface area contributed by atoms with Crippen LogP contribution in [0.5, 0.6) is 0 Å². The number of sulfonamides is 1. The summed E-state index contributed by atoms with van der Waals surface area (Å²) in [7, 11) is -3.20.